The number of aryl methyl sites for hydroxylation is 2. The summed E-state index contributed by atoms with van der Waals surface area (Å²) in [5.41, 5.74) is 0.890. The monoisotopic (exact) mass is 412 g/mol. The molecule has 0 saturated carbocycles. The molecule has 0 fully saturated rings. The number of ether oxygens (including phenoxy) is 2. The number of aromatic nitrogens is 4. The van der Waals surface area contributed by atoms with Crippen LogP contribution in [0.25, 0.3) is 22.6 Å². The Hall–Kier alpha value is -3.03. The highest BCUT2D eigenvalue weighted by Crippen LogP contribution is 2.35. The fourth-order valence-corrected chi connectivity index (χ4v) is 3.70. The maximum absolute atomic E-state index is 12.8. The van der Waals surface area contributed by atoms with Gasteiger partial charge in [0, 0.05) is 18.7 Å². The zero-order valence-electron chi connectivity index (χ0n) is 17.7. The van der Waals surface area contributed by atoms with Gasteiger partial charge in [0.05, 0.1) is 0 Å². The van der Waals surface area contributed by atoms with E-state index in [9.17, 15) is 9.59 Å². The van der Waals surface area contributed by atoms with Crippen molar-refractivity contribution in [2.45, 2.75) is 53.1 Å². The number of hydrogen-bond donors (Lipinski definition) is 1. The molecule has 8 heteroatoms. The minimum Gasteiger partial charge on any atom is -0.486 e. The normalized spacial score (nSPS) is 13.3. The highest BCUT2D eigenvalue weighted by Gasteiger charge is 2.21. The van der Waals surface area contributed by atoms with Gasteiger partial charge in [0.15, 0.2) is 22.7 Å². The summed E-state index contributed by atoms with van der Waals surface area (Å²) in [5, 5.41) is 0. The third-order valence-electron chi connectivity index (χ3n) is 5.35. The van der Waals surface area contributed by atoms with Crippen LogP contribution in [0.4, 0.5) is 0 Å². The van der Waals surface area contributed by atoms with Crippen molar-refractivity contribution in [3.8, 4) is 22.9 Å². The lowest BCUT2D eigenvalue weighted by Gasteiger charge is -2.19. The molecule has 0 bridgehead atoms. The lowest BCUT2D eigenvalue weighted by Crippen LogP contribution is -2.31. The maximum Gasteiger partial charge on any atom is 0.330 e. The first-order valence-corrected chi connectivity index (χ1v) is 10.6. The standard InChI is InChI=1S/C22H28N4O4/c1-4-5-9-26-20-18(21(27)24-22(26)28)25(10-8-14(2)3)19(23-20)15-6-7-16-17(13-15)30-12-11-29-16/h6-7,13-14H,4-5,8-12H2,1-3H3,(H,24,27,28). The molecule has 1 aliphatic heterocycles. The van der Waals surface area contributed by atoms with Crippen LogP contribution in [-0.2, 0) is 13.1 Å². The van der Waals surface area contributed by atoms with Gasteiger partial charge in [-0.1, -0.05) is 27.2 Å². The van der Waals surface area contributed by atoms with Gasteiger partial charge >= 0.3 is 5.69 Å². The van der Waals surface area contributed by atoms with E-state index >= 15 is 0 Å². The minimum absolute atomic E-state index is 0.400. The second-order valence-corrected chi connectivity index (χ2v) is 8.06. The zero-order valence-corrected chi connectivity index (χ0v) is 17.7. The molecule has 1 N–H and O–H groups in total. The third-order valence-corrected chi connectivity index (χ3v) is 5.35. The molecule has 0 aliphatic carbocycles. The summed E-state index contributed by atoms with van der Waals surface area (Å²) in [5.74, 6) is 2.48. The number of unbranched alkanes of at least 4 members (excludes halogenated alkanes) is 1. The molecule has 1 aliphatic rings. The van der Waals surface area contributed by atoms with Gasteiger partial charge in [0.2, 0.25) is 0 Å². The zero-order chi connectivity index (χ0) is 21.3. The Morgan fingerprint density at radius 1 is 1.10 bits per heavy atom. The first kappa shape index (κ1) is 20.3. The van der Waals surface area contributed by atoms with E-state index in [1.807, 2.05) is 22.8 Å². The molecule has 4 rings (SSSR count). The van der Waals surface area contributed by atoms with Crippen molar-refractivity contribution in [3.05, 3.63) is 39.0 Å². The second-order valence-electron chi connectivity index (χ2n) is 8.06. The van der Waals surface area contributed by atoms with E-state index in [1.165, 1.54) is 0 Å². The van der Waals surface area contributed by atoms with Gasteiger partial charge in [0.1, 0.15) is 19.0 Å². The lowest BCUT2D eigenvalue weighted by atomic mass is 10.1. The molecule has 3 heterocycles. The predicted octanol–water partition coefficient (Wildman–Crippen LogP) is 3.17. The summed E-state index contributed by atoms with van der Waals surface area (Å²) in [6, 6.07) is 5.68. The average molecular weight is 412 g/mol. The SMILES string of the molecule is CCCCn1c(=O)[nH]c(=O)c2c1nc(-c1ccc3c(c1)OCCO3)n2CCC(C)C. The largest absolute Gasteiger partial charge is 0.486 e. The van der Waals surface area contributed by atoms with Crippen LogP contribution >= 0.6 is 0 Å². The number of H-pyrrole nitrogens is 1. The molecular formula is C22H28N4O4. The fourth-order valence-electron chi connectivity index (χ4n) is 3.70. The van der Waals surface area contributed by atoms with Crippen LogP contribution in [0, 0.1) is 5.92 Å². The predicted molar refractivity (Wildman–Crippen MR) is 115 cm³/mol. The van der Waals surface area contributed by atoms with Crippen LogP contribution in [0.1, 0.15) is 40.0 Å². The van der Waals surface area contributed by atoms with E-state index < -0.39 is 11.2 Å². The fraction of sp³-hybridized carbons (Fsp3) is 0.500. The van der Waals surface area contributed by atoms with Crippen molar-refractivity contribution < 1.29 is 9.47 Å². The van der Waals surface area contributed by atoms with E-state index in [0.717, 1.165) is 24.8 Å². The molecule has 0 saturated heterocycles. The number of benzene rings is 1. The van der Waals surface area contributed by atoms with Gasteiger partial charge in [-0.25, -0.2) is 9.78 Å². The third kappa shape index (κ3) is 3.74. The van der Waals surface area contributed by atoms with Gasteiger partial charge in [0.25, 0.3) is 5.56 Å². The van der Waals surface area contributed by atoms with Crippen molar-refractivity contribution in [2.75, 3.05) is 13.2 Å². The minimum atomic E-state index is -0.414. The van der Waals surface area contributed by atoms with E-state index in [-0.39, 0.29) is 0 Å². The number of nitrogens with zero attached hydrogens (tertiary/aromatic N) is 3. The number of hydrogen-bond acceptors (Lipinski definition) is 5. The molecule has 0 unspecified atom stereocenters. The molecule has 2 aromatic heterocycles. The van der Waals surface area contributed by atoms with Crippen molar-refractivity contribution >= 4 is 11.2 Å². The van der Waals surface area contributed by atoms with Gasteiger partial charge in [-0.2, -0.15) is 0 Å². The molecule has 1 aromatic carbocycles. The van der Waals surface area contributed by atoms with E-state index in [1.54, 1.807) is 4.57 Å². The van der Waals surface area contributed by atoms with Crippen molar-refractivity contribution in [2.24, 2.45) is 5.92 Å². The Kier molecular flexibility index (Phi) is 5.65. The number of rotatable bonds is 7. The summed E-state index contributed by atoms with van der Waals surface area (Å²) < 4.78 is 14.9. The maximum atomic E-state index is 12.8. The second kappa shape index (κ2) is 8.38. The van der Waals surface area contributed by atoms with Crippen LogP contribution in [0.5, 0.6) is 11.5 Å². The Labute approximate surface area is 174 Å². The molecule has 0 radical (unpaired) electrons. The molecular weight excluding hydrogens is 384 g/mol. The van der Waals surface area contributed by atoms with Crippen LogP contribution in [0.15, 0.2) is 27.8 Å². The Morgan fingerprint density at radius 2 is 1.87 bits per heavy atom. The average Bonchev–Trinajstić information content (AvgIpc) is 3.11. The van der Waals surface area contributed by atoms with Crippen LogP contribution < -0.4 is 20.7 Å². The quantitative estimate of drug-likeness (QED) is 0.644. The topological polar surface area (TPSA) is 91.1 Å². The van der Waals surface area contributed by atoms with Crippen LogP contribution in [-0.4, -0.2) is 32.3 Å². The summed E-state index contributed by atoms with van der Waals surface area (Å²) in [4.78, 5) is 32.6. The van der Waals surface area contributed by atoms with Crippen molar-refractivity contribution in [1.82, 2.24) is 19.1 Å². The molecule has 0 spiro atoms. The number of nitrogens with one attached hydrogen (secondary N) is 1. The summed E-state index contributed by atoms with van der Waals surface area (Å²) >= 11 is 0. The van der Waals surface area contributed by atoms with Crippen molar-refractivity contribution in [3.63, 3.8) is 0 Å². The van der Waals surface area contributed by atoms with Crippen LogP contribution in [0.3, 0.4) is 0 Å². The number of fused-ring (bicyclic) bond motifs is 2. The summed E-state index contributed by atoms with van der Waals surface area (Å²) in [6.45, 7) is 8.52. The highest BCUT2D eigenvalue weighted by molar-refractivity contribution is 5.77. The smallest absolute Gasteiger partial charge is 0.330 e. The Bertz CT molecular complexity index is 1170. The Morgan fingerprint density at radius 3 is 2.60 bits per heavy atom. The van der Waals surface area contributed by atoms with E-state index in [0.29, 0.717) is 60.7 Å². The van der Waals surface area contributed by atoms with Crippen molar-refractivity contribution in [1.29, 1.82) is 0 Å². The number of imidazole rings is 1. The molecule has 8 nitrogen and oxygen atoms in total. The van der Waals surface area contributed by atoms with Crippen LogP contribution in [0.2, 0.25) is 0 Å². The first-order chi connectivity index (χ1) is 14.5. The van der Waals surface area contributed by atoms with E-state index in [2.05, 4.69) is 25.8 Å². The molecule has 3 aromatic rings. The first-order valence-electron chi connectivity index (χ1n) is 10.6. The van der Waals surface area contributed by atoms with Gasteiger partial charge in [-0.15, -0.1) is 0 Å². The molecule has 0 atom stereocenters. The lowest BCUT2D eigenvalue weighted by molar-refractivity contribution is 0.171. The van der Waals surface area contributed by atoms with Gasteiger partial charge in [-0.3, -0.25) is 14.3 Å². The van der Waals surface area contributed by atoms with Gasteiger partial charge < -0.3 is 14.0 Å². The van der Waals surface area contributed by atoms with E-state index in [4.69, 9.17) is 14.5 Å². The van der Waals surface area contributed by atoms with Gasteiger partial charge in [-0.05, 0) is 37.0 Å². The summed E-state index contributed by atoms with van der Waals surface area (Å²) in [7, 11) is 0. The molecule has 0 amide bonds. The molecule has 160 valence electrons. The Balaban J connectivity index is 1.93. The highest BCUT2D eigenvalue weighted by atomic mass is 16.6. The number of aromatic amines is 1. The summed E-state index contributed by atoms with van der Waals surface area (Å²) in [6.07, 6.45) is 2.66. The molecule has 30 heavy (non-hydrogen) atoms.